The molecule has 1 heterocycles. The molecular weight excluding hydrogens is 460 g/mol. The first kappa shape index (κ1) is 25.7. The van der Waals surface area contributed by atoms with Gasteiger partial charge in [-0.25, -0.2) is 4.79 Å². The zero-order chi connectivity index (χ0) is 24.8. The minimum Gasteiger partial charge on any atom is -0.483 e. The molecule has 0 fully saturated rings. The lowest BCUT2D eigenvalue weighted by atomic mass is 9.99. The third kappa shape index (κ3) is 8.16. The Morgan fingerprint density at radius 1 is 1.06 bits per heavy atom. The number of alkyl halides is 6. The van der Waals surface area contributed by atoms with Gasteiger partial charge in [0, 0.05) is 6.42 Å². The fourth-order valence-electron chi connectivity index (χ4n) is 2.84. The van der Waals surface area contributed by atoms with Crippen LogP contribution in [0, 0.1) is 0 Å². The number of nitrogens with zero attached hydrogens (tertiary/aromatic N) is 1. The second-order valence-corrected chi connectivity index (χ2v) is 6.91. The Balaban J connectivity index is 2.12. The van der Waals surface area contributed by atoms with Crippen molar-refractivity contribution < 1.29 is 45.8 Å². The SMILES string of the molecule is C[C@@H](NC(=O)C(Cc1ccccc1C(F)(F)F)NC(=O)O)c1ccc(OCC(F)(F)F)cn1. The van der Waals surface area contributed by atoms with Crippen LogP contribution in [-0.4, -0.2) is 40.9 Å². The van der Waals surface area contributed by atoms with Gasteiger partial charge in [0.1, 0.15) is 11.8 Å². The highest BCUT2D eigenvalue weighted by Crippen LogP contribution is 2.32. The summed E-state index contributed by atoms with van der Waals surface area (Å²) in [4.78, 5) is 27.6. The molecule has 2 rings (SSSR count). The largest absolute Gasteiger partial charge is 0.483 e. The van der Waals surface area contributed by atoms with Crippen LogP contribution in [0.5, 0.6) is 5.75 Å². The first-order valence-corrected chi connectivity index (χ1v) is 9.36. The number of ether oxygens (including phenoxy) is 1. The number of nitrogens with one attached hydrogen (secondary N) is 2. The number of aromatic nitrogens is 1. The Hall–Kier alpha value is -3.51. The van der Waals surface area contributed by atoms with Gasteiger partial charge in [0.25, 0.3) is 0 Å². The van der Waals surface area contributed by atoms with Crippen LogP contribution in [0.1, 0.15) is 29.8 Å². The van der Waals surface area contributed by atoms with E-state index in [1.54, 1.807) is 0 Å². The van der Waals surface area contributed by atoms with Crippen molar-refractivity contribution in [3.05, 3.63) is 59.4 Å². The first-order chi connectivity index (χ1) is 15.3. The minimum absolute atomic E-state index is 0.163. The molecule has 0 radical (unpaired) electrons. The average Bonchev–Trinajstić information content (AvgIpc) is 2.71. The molecule has 2 amide bonds. The molecule has 1 unspecified atom stereocenters. The lowest BCUT2D eigenvalue weighted by molar-refractivity contribution is -0.153. The maximum absolute atomic E-state index is 13.2. The number of carbonyl (C=O) groups excluding carboxylic acids is 1. The average molecular weight is 479 g/mol. The smallest absolute Gasteiger partial charge is 0.422 e. The maximum atomic E-state index is 13.2. The molecule has 0 saturated carbocycles. The molecule has 0 bridgehead atoms. The molecule has 13 heteroatoms. The Morgan fingerprint density at radius 2 is 1.73 bits per heavy atom. The lowest BCUT2D eigenvalue weighted by Gasteiger charge is -2.22. The third-order valence-electron chi connectivity index (χ3n) is 4.33. The number of hydrogen-bond acceptors (Lipinski definition) is 4. The number of halogens is 6. The Morgan fingerprint density at radius 3 is 2.27 bits per heavy atom. The van der Waals surface area contributed by atoms with Crippen LogP contribution in [0.3, 0.4) is 0 Å². The van der Waals surface area contributed by atoms with Crippen LogP contribution >= 0.6 is 0 Å². The van der Waals surface area contributed by atoms with Crippen LogP contribution in [0.4, 0.5) is 31.1 Å². The normalized spacial score (nSPS) is 13.7. The van der Waals surface area contributed by atoms with Gasteiger partial charge < -0.3 is 20.5 Å². The van der Waals surface area contributed by atoms with E-state index in [0.29, 0.717) is 0 Å². The summed E-state index contributed by atoms with van der Waals surface area (Å²) in [7, 11) is 0. The predicted octanol–water partition coefficient (Wildman–Crippen LogP) is 4.10. The molecule has 2 aromatic rings. The van der Waals surface area contributed by atoms with E-state index in [1.807, 2.05) is 5.32 Å². The zero-order valence-electron chi connectivity index (χ0n) is 17.0. The van der Waals surface area contributed by atoms with Crippen LogP contribution in [0.25, 0.3) is 0 Å². The van der Waals surface area contributed by atoms with E-state index in [1.165, 1.54) is 31.2 Å². The molecule has 0 aliphatic rings. The number of pyridine rings is 1. The van der Waals surface area contributed by atoms with E-state index in [4.69, 9.17) is 5.11 Å². The van der Waals surface area contributed by atoms with Crippen molar-refractivity contribution in [3.63, 3.8) is 0 Å². The van der Waals surface area contributed by atoms with Crippen LogP contribution in [0.15, 0.2) is 42.6 Å². The summed E-state index contributed by atoms with van der Waals surface area (Å²) in [6.07, 6.45) is -10.4. The Bertz CT molecular complexity index is 964. The van der Waals surface area contributed by atoms with Gasteiger partial charge in [0.2, 0.25) is 5.91 Å². The van der Waals surface area contributed by atoms with E-state index in [0.717, 1.165) is 18.3 Å². The Labute approximate surface area is 183 Å². The van der Waals surface area contributed by atoms with Crippen molar-refractivity contribution in [2.45, 2.75) is 37.8 Å². The highest BCUT2D eigenvalue weighted by Gasteiger charge is 2.34. The number of carboxylic acid groups (broad SMARTS) is 1. The van der Waals surface area contributed by atoms with Crippen molar-refractivity contribution in [1.82, 2.24) is 15.6 Å². The topological polar surface area (TPSA) is 101 Å². The monoisotopic (exact) mass is 479 g/mol. The molecule has 0 saturated heterocycles. The van der Waals surface area contributed by atoms with Gasteiger partial charge in [-0.1, -0.05) is 18.2 Å². The van der Waals surface area contributed by atoms with Crippen LogP contribution < -0.4 is 15.4 Å². The fraction of sp³-hybridized carbons (Fsp3) is 0.350. The summed E-state index contributed by atoms with van der Waals surface area (Å²) in [6, 6.07) is 4.54. The number of benzene rings is 1. The van der Waals surface area contributed by atoms with E-state index in [-0.39, 0.29) is 17.0 Å². The fourth-order valence-corrected chi connectivity index (χ4v) is 2.84. The zero-order valence-corrected chi connectivity index (χ0v) is 17.0. The van der Waals surface area contributed by atoms with E-state index in [9.17, 15) is 35.9 Å². The van der Waals surface area contributed by atoms with Gasteiger partial charge >= 0.3 is 18.4 Å². The second-order valence-electron chi connectivity index (χ2n) is 6.91. The van der Waals surface area contributed by atoms with Crippen molar-refractivity contribution in [1.29, 1.82) is 0 Å². The van der Waals surface area contributed by atoms with Crippen molar-refractivity contribution in [2.75, 3.05) is 6.61 Å². The highest BCUT2D eigenvalue weighted by molar-refractivity contribution is 5.85. The van der Waals surface area contributed by atoms with Gasteiger partial charge in [0.05, 0.1) is 23.5 Å². The number of carbonyl (C=O) groups is 2. The van der Waals surface area contributed by atoms with E-state index < -0.39 is 55.0 Å². The predicted molar refractivity (Wildman–Crippen MR) is 102 cm³/mol. The molecule has 1 aromatic heterocycles. The molecule has 0 aliphatic heterocycles. The van der Waals surface area contributed by atoms with E-state index in [2.05, 4.69) is 15.0 Å². The number of hydrogen-bond donors (Lipinski definition) is 3. The summed E-state index contributed by atoms with van der Waals surface area (Å²) < 4.78 is 80.8. The lowest BCUT2D eigenvalue weighted by Crippen LogP contribution is -2.48. The first-order valence-electron chi connectivity index (χ1n) is 9.36. The molecular formula is C20H19F6N3O4. The van der Waals surface area contributed by atoms with E-state index >= 15 is 0 Å². The molecule has 33 heavy (non-hydrogen) atoms. The van der Waals surface area contributed by atoms with Gasteiger partial charge in [-0.05, 0) is 30.7 Å². The van der Waals surface area contributed by atoms with Crippen molar-refractivity contribution in [2.24, 2.45) is 0 Å². The van der Waals surface area contributed by atoms with Crippen molar-refractivity contribution in [3.8, 4) is 5.75 Å². The molecule has 2 atom stereocenters. The molecule has 7 nitrogen and oxygen atoms in total. The number of amides is 2. The molecule has 0 aliphatic carbocycles. The summed E-state index contributed by atoms with van der Waals surface area (Å²) in [5.74, 6) is -1.08. The van der Waals surface area contributed by atoms with Crippen molar-refractivity contribution >= 4 is 12.0 Å². The summed E-state index contributed by atoms with van der Waals surface area (Å²) in [6.45, 7) is -0.0553. The van der Waals surface area contributed by atoms with Gasteiger partial charge in [-0.2, -0.15) is 26.3 Å². The quantitative estimate of drug-likeness (QED) is 0.495. The maximum Gasteiger partial charge on any atom is 0.422 e. The minimum atomic E-state index is -4.70. The Kier molecular flexibility index (Phi) is 8.12. The van der Waals surface area contributed by atoms with Crippen LogP contribution in [-0.2, 0) is 17.4 Å². The summed E-state index contributed by atoms with van der Waals surface area (Å²) in [5, 5.41) is 13.3. The molecule has 0 spiro atoms. The van der Waals surface area contributed by atoms with Gasteiger partial charge in [0.15, 0.2) is 6.61 Å². The molecule has 180 valence electrons. The van der Waals surface area contributed by atoms with Gasteiger partial charge in [-0.15, -0.1) is 0 Å². The third-order valence-corrected chi connectivity index (χ3v) is 4.33. The number of rotatable bonds is 8. The molecule has 3 N–H and O–H groups in total. The second kappa shape index (κ2) is 10.4. The highest BCUT2D eigenvalue weighted by atomic mass is 19.4. The van der Waals surface area contributed by atoms with Gasteiger partial charge in [-0.3, -0.25) is 9.78 Å². The standard InChI is InChI=1S/C20H19F6N3O4/c1-11(15-7-6-13(9-27-15)33-10-19(21,22)23)28-17(30)16(29-18(31)32)8-12-4-2-3-5-14(12)20(24,25)26/h2-7,9,11,16,29H,8,10H2,1H3,(H,28,30)(H,31,32)/t11-,16?/m1/s1. The molecule has 1 aromatic carbocycles. The summed E-state index contributed by atoms with van der Waals surface area (Å²) in [5.41, 5.74) is -1.08. The summed E-state index contributed by atoms with van der Waals surface area (Å²) >= 11 is 0. The van der Waals surface area contributed by atoms with Crippen LogP contribution in [0.2, 0.25) is 0 Å².